The number of nitriles is 1. The summed E-state index contributed by atoms with van der Waals surface area (Å²) in [5.41, 5.74) is 0. The highest BCUT2D eigenvalue weighted by Gasteiger charge is 2.29. The number of carbonyl (C=O) groups excluding carboxylic acids is 2. The summed E-state index contributed by atoms with van der Waals surface area (Å²) in [6.45, 7) is 8.57. The van der Waals surface area contributed by atoms with Gasteiger partial charge in [0.25, 0.3) is 11.9 Å². The van der Waals surface area contributed by atoms with Gasteiger partial charge in [-0.25, -0.2) is 9.46 Å². The van der Waals surface area contributed by atoms with Crippen LogP contribution in [-0.4, -0.2) is 32.8 Å². The first-order valence-corrected chi connectivity index (χ1v) is 26.0. The molecule has 0 amide bonds. The van der Waals surface area contributed by atoms with Crippen LogP contribution in [0.5, 0.6) is 0 Å². The van der Waals surface area contributed by atoms with Gasteiger partial charge in [-0.3, -0.25) is 9.59 Å². The zero-order chi connectivity index (χ0) is 40.3. The molecular formula is C46H89NO6SSi. The molecule has 0 fully saturated rings. The Bertz CT molecular complexity index is 826. The Kier molecular flexibility index (Phi) is 43.2. The lowest BCUT2D eigenvalue weighted by Gasteiger charge is -2.22. The first kappa shape index (κ1) is 53.9. The third-order valence-electron chi connectivity index (χ3n) is 10.8. The summed E-state index contributed by atoms with van der Waals surface area (Å²) in [4.78, 5) is 31.3. The Morgan fingerprint density at radius 2 is 0.782 bits per heavy atom. The van der Waals surface area contributed by atoms with E-state index in [0.29, 0.717) is 0 Å². The molecule has 0 aliphatic carbocycles. The molecule has 0 heterocycles. The third kappa shape index (κ3) is 39.5. The van der Waals surface area contributed by atoms with Crippen LogP contribution in [0.4, 0.5) is 0 Å². The number of carbonyl (C=O) groups is 2. The number of nitrogens with zero attached hydrogens (tertiary/aromatic N) is 1. The zero-order valence-corrected chi connectivity index (χ0v) is 38.7. The number of hydrogen-bond donors (Lipinski definition) is 0. The van der Waals surface area contributed by atoms with Gasteiger partial charge in [-0.15, -0.1) is 0 Å². The highest BCUT2D eigenvalue weighted by molar-refractivity contribution is 8.04. The summed E-state index contributed by atoms with van der Waals surface area (Å²) in [5.74, 6) is -0.796. The molecule has 7 nitrogen and oxygen atoms in total. The van der Waals surface area contributed by atoms with Crippen LogP contribution in [0.1, 0.15) is 265 Å². The lowest BCUT2D eigenvalue weighted by Crippen LogP contribution is -2.35. The van der Waals surface area contributed by atoms with Gasteiger partial charge in [-0.2, -0.15) is 5.26 Å². The number of rotatable bonds is 44. The van der Waals surface area contributed by atoms with Crippen molar-refractivity contribution in [3.05, 3.63) is 0 Å². The van der Waals surface area contributed by atoms with Crippen LogP contribution in [0.2, 0.25) is 0 Å². The Hall–Kier alpha value is -1.08. The van der Waals surface area contributed by atoms with E-state index in [1.807, 2.05) is 6.92 Å². The lowest BCUT2D eigenvalue weighted by molar-refractivity contribution is -0.267. The monoisotopic (exact) mass is 812 g/mol. The Morgan fingerprint density at radius 3 is 1.09 bits per heavy atom. The van der Waals surface area contributed by atoms with Gasteiger partial charge in [0.1, 0.15) is 11.5 Å². The van der Waals surface area contributed by atoms with E-state index in [2.05, 4.69) is 26.2 Å². The summed E-state index contributed by atoms with van der Waals surface area (Å²) in [6.07, 6.45) is 43.3. The maximum Gasteiger partial charge on any atom is 0.647 e. The molecule has 9 heteroatoms. The van der Waals surface area contributed by atoms with Crippen molar-refractivity contribution >= 4 is 33.2 Å². The van der Waals surface area contributed by atoms with Gasteiger partial charge in [-0.05, 0) is 37.9 Å². The largest absolute Gasteiger partial charge is 0.647 e. The minimum atomic E-state index is -3.21. The topological polar surface area (TPSA) is 94.9 Å². The van der Waals surface area contributed by atoms with E-state index >= 15 is 0 Å². The van der Waals surface area contributed by atoms with Gasteiger partial charge in [0, 0.05) is 18.1 Å². The van der Waals surface area contributed by atoms with Gasteiger partial charge in [0.05, 0.1) is 0 Å². The molecule has 0 aliphatic rings. The summed E-state index contributed by atoms with van der Waals surface area (Å²) >= 11 is 1.18. The van der Waals surface area contributed by atoms with Gasteiger partial charge in [-0.1, -0.05) is 226 Å². The van der Waals surface area contributed by atoms with Crippen LogP contribution < -0.4 is 0 Å². The van der Waals surface area contributed by atoms with Gasteiger partial charge in [0.15, 0.2) is 0 Å². The fourth-order valence-electron chi connectivity index (χ4n) is 7.10. The molecule has 0 saturated carbocycles. The zero-order valence-electron chi connectivity index (χ0n) is 36.7. The molecule has 2 unspecified atom stereocenters. The van der Waals surface area contributed by atoms with Crippen molar-refractivity contribution in [2.75, 3.05) is 0 Å². The van der Waals surface area contributed by atoms with Crippen molar-refractivity contribution in [1.29, 1.82) is 5.26 Å². The fraction of sp³-hybridized carbons (Fsp3) is 0.935. The number of hydrogen-bond acceptors (Lipinski definition) is 8. The fourth-order valence-corrected chi connectivity index (χ4v) is 8.82. The quantitative estimate of drug-likeness (QED) is 0.0197. The average Bonchev–Trinajstić information content (AvgIpc) is 3.18. The normalized spacial score (nSPS) is 12.5. The van der Waals surface area contributed by atoms with Crippen LogP contribution in [0.25, 0.3) is 0 Å². The highest BCUT2D eigenvalue weighted by Crippen LogP contribution is 2.23. The maximum absolute atomic E-state index is 12.8. The molecule has 0 N–H and O–H groups in total. The van der Waals surface area contributed by atoms with Crippen LogP contribution >= 0.6 is 11.8 Å². The molecule has 0 aromatic carbocycles. The molecule has 0 aromatic heterocycles. The predicted molar refractivity (Wildman–Crippen MR) is 236 cm³/mol. The molecule has 324 valence electrons. The van der Waals surface area contributed by atoms with Crippen molar-refractivity contribution in [3.8, 4) is 5.40 Å². The van der Waals surface area contributed by atoms with Crippen LogP contribution in [0.3, 0.4) is 0 Å². The Morgan fingerprint density at radius 1 is 0.491 bits per heavy atom. The third-order valence-corrected chi connectivity index (χ3v) is 13.0. The molecule has 0 aliphatic heterocycles. The molecule has 55 heavy (non-hydrogen) atoms. The first-order valence-electron chi connectivity index (χ1n) is 23.7. The summed E-state index contributed by atoms with van der Waals surface area (Å²) in [6, 6.07) is 0. The second kappa shape index (κ2) is 44.0. The summed E-state index contributed by atoms with van der Waals surface area (Å²) in [7, 11) is -3.21. The lowest BCUT2D eigenvalue weighted by atomic mass is 10.0. The van der Waals surface area contributed by atoms with Crippen molar-refractivity contribution in [1.82, 2.24) is 0 Å². The van der Waals surface area contributed by atoms with E-state index in [-0.39, 0.29) is 18.1 Å². The molecular weight excluding hydrogens is 723 g/mol. The molecule has 0 spiro atoms. The van der Waals surface area contributed by atoms with E-state index in [4.69, 9.17) is 18.3 Å². The number of thioether (sulfide) groups is 1. The second-order valence-corrected chi connectivity index (χ2v) is 18.4. The smallest absolute Gasteiger partial charge is 0.465 e. The van der Waals surface area contributed by atoms with E-state index in [9.17, 15) is 14.9 Å². The highest BCUT2D eigenvalue weighted by atomic mass is 32.2. The van der Waals surface area contributed by atoms with Crippen LogP contribution in [0.15, 0.2) is 0 Å². The second-order valence-electron chi connectivity index (χ2n) is 16.2. The van der Waals surface area contributed by atoms with Crippen molar-refractivity contribution in [2.24, 2.45) is 0 Å². The molecule has 2 atom stereocenters. The van der Waals surface area contributed by atoms with Crippen LogP contribution in [-0.2, 0) is 27.9 Å². The Labute approximate surface area is 347 Å². The van der Waals surface area contributed by atoms with E-state index in [0.717, 1.165) is 70.6 Å². The van der Waals surface area contributed by atoms with Crippen molar-refractivity contribution in [2.45, 2.75) is 277 Å². The van der Waals surface area contributed by atoms with E-state index in [1.54, 1.807) is 0 Å². The first-order chi connectivity index (χ1) is 27.0. The minimum absolute atomic E-state index is 0.0800. The summed E-state index contributed by atoms with van der Waals surface area (Å²) < 4.78 is 16.8. The van der Waals surface area contributed by atoms with Gasteiger partial charge < -0.3 is 8.85 Å². The van der Waals surface area contributed by atoms with Crippen LogP contribution in [0, 0.1) is 10.7 Å². The van der Waals surface area contributed by atoms with Gasteiger partial charge in [0.2, 0.25) is 0 Å². The average molecular weight is 812 g/mol. The molecule has 0 bridgehead atoms. The van der Waals surface area contributed by atoms with Gasteiger partial charge >= 0.3 is 9.53 Å². The summed E-state index contributed by atoms with van der Waals surface area (Å²) in [5, 5.41) is 11.5. The number of unbranched alkanes of at least 4 members (excludes halogenated alkanes) is 31. The maximum atomic E-state index is 12.8. The minimum Gasteiger partial charge on any atom is -0.465 e. The van der Waals surface area contributed by atoms with Crippen molar-refractivity contribution < 1.29 is 27.9 Å². The standard InChI is InChI=1S/C46H89NO6SSi/c1-5-8-11-14-16-18-20-22-24-26-28-30-32-34-37-40-45(48)51-55(53-50-43(4)44(54-42-47)39-36-13-10-7-3)52-46(49)41-38-35-33-31-29-27-25-23-21-19-17-15-12-9-6-2/h43-44,55H,5-41H2,1-4H3. The molecule has 0 rings (SSSR count). The van der Waals surface area contributed by atoms with E-state index in [1.165, 1.54) is 166 Å². The molecule has 0 aromatic rings. The Balaban J connectivity index is 4.44. The number of thiocyanates is 1. The molecule has 0 radical (unpaired) electrons. The predicted octanol–water partition coefficient (Wildman–Crippen LogP) is 15.2. The SMILES string of the molecule is CCCCCCCCCCCCCCCCCC(=O)O[SiH](OOC(C)C(CCCCCC)SC#N)OC(=O)CCCCCCCCCCCCCCCCC. The molecule has 0 saturated heterocycles. The van der Waals surface area contributed by atoms with Crippen molar-refractivity contribution in [3.63, 3.8) is 0 Å². The van der Waals surface area contributed by atoms with E-state index < -0.39 is 27.6 Å².